The van der Waals surface area contributed by atoms with Crippen molar-refractivity contribution in [3.8, 4) is 16.9 Å². The van der Waals surface area contributed by atoms with E-state index in [1.807, 2.05) is 24.3 Å². The fraction of sp³-hybridized carbons (Fsp3) is 0.250. The van der Waals surface area contributed by atoms with Crippen LogP contribution in [-0.4, -0.2) is 55.1 Å². The summed E-state index contributed by atoms with van der Waals surface area (Å²) >= 11 is 6.53. The summed E-state index contributed by atoms with van der Waals surface area (Å²) in [6, 6.07) is 14.1. The highest BCUT2D eigenvalue weighted by atomic mass is 35.5. The Morgan fingerprint density at radius 2 is 1.91 bits per heavy atom. The molecule has 2 aliphatic rings. The number of nitrogens with zero attached hydrogens (tertiary/aromatic N) is 3. The fourth-order valence-corrected chi connectivity index (χ4v) is 6.88. The lowest BCUT2D eigenvalue weighted by atomic mass is 9.79. The zero-order chi connectivity index (χ0) is 32.1. The van der Waals surface area contributed by atoms with Gasteiger partial charge in [0.15, 0.2) is 0 Å². The molecule has 1 aliphatic carbocycles. The van der Waals surface area contributed by atoms with Gasteiger partial charge in [-0.1, -0.05) is 35.9 Å². The van der Waals surface area contributed by atoms with Crippen LogP contribution < -0.4 is 26.6 Å². The van der Waals surface area contributed by atoms with Crippen molar-refractivity contribution >= 4 is 50.3 Å². The first kappa shape index (κ1) is 30.4. The molecule has 2 atom stereocenters. The Labute approximate surface area is 263 Å². The Kier molecular flexibility index (Phi) is 7.66. The van der Waals surface area contributed by atoms with E-state index < -0.39 is 38.6 Å². The van der Waals surface area contributed by atoms with Crippen LogP contribution in [0.2, 0.25) is 5.02 Å². The largest absolute Gasteiger partial charge is 0.495 e. The van der Waals surface area contributed by atoms with Crippen LogP contribution in [0.4, 0.5) is 11.5 Å². The molecular formula is C32H30ClN5O6S. The molecule has 13 heteroatoms. The van der Waals surface area contributed by atoms with Crippen molar-refractivity contribution in [2.45, 2.75) is 31.3 Å². The van der Waals surface area contributed by atoms with Gasteiger partial charge in [-0.3, -0.25) is 27.7 Å². The average molecular weight is 648 g/mol. The van der Waals surface area contributed by atoms with Gasteiger partial charge < -0.3 is 15.4 Å². The second-order valence-corrected chi connectivity index (χ2v) is 14.6. The van der Waals surface area contributed by atoms with E-state index in [9.17, 15) is 23.4 Å². The Morgan fingerprint density at radius 1 is 1.13 bits per heavy atom. The van der Waals surface area contributed by atoms with Crippen molar-refractivity contribution in [3.05, 3.63) is 103 Å². The number of fused-ring (bicyclic) bond motifs is 3. The van der Waals surface area contributed by atoms with Gasteiger partial charge in [-0.15, -0.1) is 0 Å². The number of rotatable bonds is 8. The van der Waals surface area contributed by atoms with Crippen LogP contribution in [0.3, 0.4) is 0 Å². The molecule has 0 saturated heterocycles. The van der Waals surface area contributed by atoms with Gasteiger partial charge in [0.2, 0.25) is 11.8 Å². The molecule has 232 valence electrons. The third kappa shape index (κ3) is 5.55. The minimum absolute atomic E-state index is 0.0151. The molecule has 0 bridgehead atoms. The molecule has 0 saturated carbocycles. The molecular weight excluding hydrogens is 618 g/mol. The van der Waals surface area contributed by atoms with Crippen LogP contribution in [0.25, 0.3) is 11.1 Å². The summed E-state index contributed by atoms with van der Waals surface area (Å²) in [6.07, 6.45) is 5.36. The lowest BCUT2D eigenvalue weighted by molar-refractivity contribution is -0.120. The van der Waals surface area contributed by atoms with Crippen LogP contribution in [-0.2, 0) is 50.5 Å². The number of carbonyl (C=O) groups excluding carboxylic acids is 2. The number of ether oxygens (including phenoxy) is 1. The molecule has 1 spiro atoms. The van der Waals surface area contributed by atoms with Crippen molar-refractivity contribution in [2.75, 3.05) is 29.8 Å². The molecule has 6 rings (SSSR count). The van der Waals surface area contributed by atoms with Crippen LogP contribution >= 0.6 is 11.6 Å². The molecule has 2 aromatic carbocycles. The van der Waals surface area contributed by atoms with Gasteiger partial charge in [-0.05, 0) is 63.6 Å². The van der Waals surface area contributed by atoms with E-state index in [2.05, 4.69) is 21.5 Å². The van der Waals surface area contributed by atoms with Crippen molar-refractivity contribution in [2.24, 2.45) is 0 Å². The summed E-state index contributed by atoms with van der Waals surface area (Å²) in [7, 11) is -1.08. The van der Waals surface area contributed by atoms with E-state index in [1.165, 1.54) is 19.6 Å². The summed E-state index contributed by atoms with van der Waals surface area (Å²) in [6.45, 7) is -0.575. The quantitative estimate of drug-likeness (QED) is 0.280. The van der Waals surface area contributed by atoms with Gasteiger partial charge in [-0.25, -0.2) is 9.78 Å². The molecule has 4 aromatic rings. The maximum absolute atomic E-state index is 13.5. The molecule has 3 heterocycles. The molecule has 11 nitrogen and oxygen atoms in total. The van der Waals surface area contributed by atoms with Crippen LogP contribution in [0, 0.1) is 0 Å². The number of nitrogens with one attached hydrogen (secondary N) is 2. The van der Waals surface area contributed by atoms with E-state index in [0.29, 0.717) is 35.7 Å². The summed E-state index contributed by atoms with van der Waals surface area (Å²) in [4.78, 5) is 57.6. The third-order valence-electron chi connectivity index (χ3n) is 8.24. The van der Waals surface area contributed by atoms with E-state index in [1.54, 1.807) is 30.5 Å². The molecule has 1 unspecified atom stereocenters. The normalized spacial score (nSPS) is 17.8. The number of anilines is 2. The summed E-state index contributed by atoms with van der Waals surface area (Å²) in [5, 5.41) is 5.89. The first-order valence-corrected chi connectivity index (χ1v) is 16.7. The molecule has 2 aromatic heterocycles. The van der Waals surface area contributed by atoms with Gasteiger partial charge in [0.05, 0.1) is 23.1 Å². The third-order valence-corrected chi connectivity index (χ3v) is 9.67. The first-order chi connectivity index (χ1) is 21.4. The maximum atomic E-state index is 13.5. The first-order valence-electron chi connectivity index (χ1n) is 14.1. The lowest BCUT2D eigenvalue weighted by Crippen LogP contribution is -2.43. The van der Waals surface area contributed by atoms with Crippen molar-refractivity contribution in [3.63, 3.8) is 0 Å². The Hall–Kier alpha value is -4.68. The van der Waals surface area contributed by atoms with Crippen LogP contribution in [0.15, 0.2) is 70.5 Å². The zero-order valence-corrected chi connectivity index (χ0v) is 26.2. The molecule has 0 fully saturated rings. The van der Waals surface area contributed by atoms with Crippen LogP contribution in [0.5, 0.6) is 5.75 Å². The van der Waals surface area contributed by atoms with Gasteiger partial charge >= 0.3 is 5.69 Å². The minimum atomic E-state index is -2.52. The highest BCUT2D eigenvalue weighted by Crippen LogP contribution is 2.47. The summed E-state index contributed by atoms with van der Waals surface area (Å²) in [5.41, 5.74) is 1.55. The number of hydrogen-bond acceptors (Lipinski definition) is 7. The summed E-state index contributed by atoms with van der Waals surface area (Å²) in [5.74, 6) is 3.90. The minimum Gasteiger partial charge on any atom is -0.495 e. The molecule has 0 radical (unpaired) electrons. The lowest BCUT2D eigenvalue weighted by Gasteiger charge is -2.20. The van der Waals surface area contributed by atoms with E-state index in [-0.39, 0.29) is 28.8 Å². The highest BCUT2D eigenvalue weighted by Gasteiger charge is 2.51. The SMILES string of the molecule is C=S(C)(=O)CCn1c(=O)c(-c2cccc(OC)c2Cl)cn(CC(=O)Nc2ccc3c(c2)C[C@@]2(C3)C(=O)Nc3ncccc32)c1=O. The molecule has 45 heavy (non-hydrogen) atoms. The number of benzene rings is 2. The number of hydrogen-bond donors (Lipinski definition) is 2. The number of pyridine rings is 1. The molecule has 2 N–H and O–H groups in total. The van der Waals surface area contributed by atoms with Crippen LogP contribution in [0.1, 0.15) is 16.7 Å². The van der Waals surface area contributed by atoms with Gasteiger partial charge in [0.25, 0.3) is 5.56 Å². The molecule has 1 aliphatic heterocycles. The predicted octanol–water partition coefficient (Wildman–Crippen LogP) is 2.71. The fourth-order valence-electron chi connectivity index (χ4n) is 6.01. The molecule has 2 amide bonds. The number of amides is 2. The van der Waals surface area contributed by atoms with Gasteiger partial charge in [-0.2, -0.15) is 0 Å². The second kappa shape index (κ2) is 11.4. The smallest absolute Gasteiger partial charge is 0.331 e. The van der Waals surface area contributed by atoms with E-state index >= 15 is 0 Å². The van der Waals surface area contributed by atoms with Crippen molar-refractivity contribution in [1.29, 1.82) is 0 Å². The van der Waals surface area contributed by atoms with Gasteiger partial charge in [0, 0.05) is 47.8 Å². The predicted molar refractivity (Wildman–Crippen MR) is 175 cm³/mol. The van der Waals surface area contributed by atoms with E-state index in [0.717, 1.165) is 25.8 Å². The average Bonchev–Trinajstić information content (AvgIpc) is 3.50. The topological polar surface area (TPSA) is 141 Å². The summed E-state index contributed by atoms with van der Waals surface area (Å²) < 4.78 is 19.7. The standard InChI is InChI=1S/C32H30ClN5O6S/c1-44-25-8-4-6-22(27(25)33)23-17-37(31(42)38(29(23)40)12-13-45(2,3)43)18-26(39)35-21-10-9-19-15-32(16-20(19)14-21)24-7-5-11-34-28(24)36-30(32)41/h4-11,14,17H,2,12-13,15-16,18H2,1,3H3,(H,35,39)(H,34,36,41)/t32-,45?/m1/s1. The van der Waals surface area contributed by atoms with E-state index in [4.69, 9.17) is 16.3 Å². The number of carbonyl (C=O) groups is 2. The Morgan fingerprint density at radius 3 is 2.67 bits per heavy atom. The number of halogens is 1. The Bertz CT molecular complexity index is 2120. The maximum Gasteiger partial charge on any atom is 0.331 e. The second-order valence-electron chi connectivity index (χ2n) is 11.4. The van der Waals surface area contributed by atoms with Crippen molar-refractivity contribution < 1.29 is 18.5 Å². The highest BCUT2D eigenvalue weighted by molar-refractivity contribution is 7.99. The van der Waals surface area contributed by atoms with Crippen molar-refractivity contribution in [1.82, 2.24) is 14.1 Å². The number of aromatic nitrogens is 3. The monoisotopic (exact) mass is 647 g/mol. The Balaban J connectivity index is 1.29. The number of methoxy groups -OCH3 is 1. The van der Waals surface area contributed by atoms with Gasteiger partial charge in [0.1, 0.15) is 18.1 Å². The zero-order valence-electron chi connectivity index (χ0n) is 24.6.